The van der Waals surface area contributed by atoms with Gasteiger partial charge in [-0.2, -0.15) is 0 Å². The molecule has 0 spiro atoms. The molecule has 0 aliphatic heterocycles. The molecule has 1 saturated carbocycles. The van der Waals surface area contributed by atoms with E-state index in [1.165, 1.54) is 12.8 Å². The van der Waals surface area contributed by atoms with Gasteiger partial charge in [0.1, 0.15) is 0 Å². The van der Waals surface area contributed by atoms with Crippen LogP contribution in [0.15, 0.2) is 60.8 Å². The highest BCUT2D eigenvalue weighted by Crippen LogP contribution is 2.29. The average Bonchev–Trinajstić information content (AvgIpc) is 3.47. The number of amides is 1. The zero-order valence-corrected chi connectivity index (χ0v) is 14.7. The van der Waals surface area contributed by atoms with Crippen LogP contribution < -0.4 is 5.32 Å². The molecule has 132 valence electrons. The second kappa shape index (κ2) is 7.67. The molecule has 3 aromatic rings. The fourth-order valence-corrected chi connectivity index (χ4v) is 3.06. The van der Waals surface area contributed by atoms with Crippen molar-refractivity contribution in [3.05, 3.63) is 71.9 Å². The fourth-order valence-electron chi connectivity index (χ4n) is 3.06. The van der Waals surface area contributed by atoms with Gasteiger partial charge in [0.15, 0.2) is 0 Å². The highest BCUT2D eigenvalue weighted by atomic mass is 16.5. The Kier molecular flexibility index (Phi) is 4.93. The summed E-state index contributed by atoms with van der Waals surface area (Å²) in [5, 5.41) is 4.03. The van der Waals surface area contributed by atoms with E-state index >= 15 is 0 Å². The summed E-state index contributed by atoms with van der Waals surface area (Å²) < 4.78 is 5.73. The van der Waals surface area contributed by atoms with Crippen molar-refractivity contribution in [1.29, 1.82) is 0 Å². The molecule has 1 aliphatic carbocycles. The fraction of sp³-hybridized carbons (Fsp3) is 0.273. The molecule has 1 heterocycles. The number of pyridine rings is 1. The van der Waals surface area contributed by atoms with E-state index in [4.69, 9.17) is 4.74 Å². The molecular weight excluding hydrogens is 324 g/mol. The molecule has 4 nitrogen and oxygen atoms in total. The summed E-state index contributed by atoms with van der Waals surface area (Å²) in [5.74, 6) is 0.714. The van der Waals surface area contributed by atoms with Crippen molar-refractivity contribution in [2.24, 2.45) is 5.92 Å². The van der Waals surface area contributed by atoms with Gasteiger partial charge in [0, 0.05) is 23.9 Å². The number of benzene rings is 2. The van der Waals surface area contributed by atoms with Crippen molar-refractivity contribution in [2.45, 2.75) is 25.9 Å². The number of carbonyl (C=O) groups is 1. The lowest BCUT2D eigenvalue weighted by atomic mass is 10.1. The quantitative estimate of drug-likeness (QED) is 0.692. The van der Waals surface area contributed by atoms with Gasteiger partial charge >= 0.3 is 0 Å². The number of hydrogen-bond acceptors (Lipinski definition) is 3. The number of para-hydroxylation sites is 1. The van der Waals surface area contributed by atoms with Crippen LogP contribution in [-0.4, -0.2) is 17.5 Å². The van der Waals surface area contributed by atoms with Gasteiger partial charge in [0.25, 0.3) is 0 Å². The molecule has 2 aromatic carbocycles. The van der Waals surface area contributed by atoms with Gasteiger partial charge in [0.2, 0.25) is 5.91 Å². The number of anilines is 1. The lowest BCUT2D eigenvalue weighted by Gasteiger charge is -2.09. The maximum Gasteiger partial charge on any atom is 0.228 e. The number of ether oxygens (including phenoxy) is 1. The summed E-state index contributed by atoms with van der Waals surface area (Å²) >= 11 is 0. The highest BCUT2D eigenvalue weighted by molar-refractivity contribution is 5.95. The Hall–Kier alpha value is -2.72. The first-order valence-electron chi connectivity index (χ1n) is 9.07. The summed E-state index contributed by atoms with van der Waals surface area (Å²) in [6.07, 6.45) is 4.64. The molecule has 0 atom stereocenters. The zero-order valence-electron chi connectivity index (χ0n) is 14.7. The zero-order chi connectivity index (χ0) is 17.8. The lowest BCUT2D eigenvalue weighted by molar-refractivity contribution is -0.115. The Morgan fingerprint density at radius 3 is 2.85 bits per heavy atom. The molecule has 26 heavy (non-hydrogen) atoms. The van der Waals surface area contributed by atoms with E-state index in [0.717, 1.165) is 40.2 Å². The van der Waals surface area contributed by atoms with Crippen molar-refractivity contribution < 1.29 is 9.53 Å². The normalized spacial score (nSPS) is 13.7. The molecule has 1 aliphatic rings. The van der Waals surface area contributed by atoms with Gasteiger partial charge in [0.05, 0.1) is 18.5 Å². The van der Waals surface area contributed by atoms with Crippen LogP contribution in [0.4, 0.5) is 5.69 Å². The molecule has 4 rings (SSSR count). The smallest absolute Gasteiger partial charge is 0.228 e. The molecule has 1 fully saturated rings. The topological polar surface area (TPSA) is 51.2 Å². The third kappa shape index (κ3) is 4.27. The Morgan fingerprint density at radius 2 is 1.96 bits per heavy atom. The number of nitrogens with zero attached hydrogens (tertiary/aromatic N) is 1. The standard InChI is InChI=1S/C22H22N2O2/c25-21(13-19-6-2-5-18-7-3-11-23-22(18)19)24-20-8-1-4-17(12-20)15-26-14-16-9-10-16/h1-8,11-12,16H,9-10,13-15H2,(H,24,25). The number of aromatic nitrogens is 1. The van der Waals surface area contributed by atoms with Gasteiger partial charge in [-0.3, -0.25) is 9.78 Å². The summed E-state index contributed by atoms with van der Waals surface area (Å²) in [6, 6.07) is 17.7. The van der Waals surface area contributed by atoms with Crippen LogP contribution in [0, 0.1) is 5.92 Å². The van der Waals surface area contributed by atoms with E-state index in [-0.39, 0.29) is 5.91 Å². The van der Waals surface area contributed by atoms with E-state index in [9.17, 15) is 4.79 Å². The summed E-state index contributed by atoms with van der Waals surface area (Å²) in [4.78, 5) is 16.9. The van der Waals surface area contributed by atoms with Crippen LogP contribution >= 0.6 is 0 Å². The second-order valence-corrected chi connectivity index (χ2v) is 6.88. The van der Waals surface area contributed by atoms with Crippen molar-refractivity contribution in [1.82, 2.24) is 4.98 Å². The SMILES string of the molecule is O=C(Cc1cccc2cccnc12)Nc1cccc(COCC2CC2)c1. The van der Waals surface area contributed by atoms with Gasteiger partial charge in [-0.1, -0.05) is 36.4 Å². The van der Waals surface area contributed by atoms with Crippen LogP contribution in [0.1, 0.15) is 24.0 Å². The van der Waals surface area contributed by atoms with Gasteiger partial charge < -0.3 is 10.1 Å². The number of hydrogen-bond donors (Lipinski definition) is 1. The van der Waals surface area contributed by atoms with Crippen LogP contribution in [-0.2, 0) is 22.6 Å². The van der Waals surface area contributed by atoms with Crippen molar-refractivity contribution >= 4 is 22.5 Å². The van der Waals surface area contributed by atoms with Crippen molar-refractivity contribution in [3.63, 3.8) is 0 Å². The maximum atomic E-state index is 12.5. The predicted octanol–water partition coefficient (Wildman–Crippen LogP) is 4.34. The van der Waals surface area contributed by atoms with Gasteiger partial charge in [-0.25, -0.2) is 0 Å². The monoisotopic (exact) mass is 346 g/mol. The number of nitrogens with one attached hydrogen (secondary N) is 1. The molecule has 0 saturated heterocycles. The predicted molar refractivity (Wildman–Crippen MR) is 103 cm³/mol. The Balaban J connectivity index is 1.39. The van der Waals surface area contributed by atoms with Crippen molar-refractivity contribution in [3.8, 4) is 0 Å². The van der Waals surface area contributed by atoms with Gasteiger partial charge in [-0.05, 0) is 48.1 Å². The summed E-state index contributed by atoms with van der Waals surface area (Å²) in [6.45, 7) is 1.43. The van der Waals surface area contributed by atoms with Crippen molar-refractivity contribution in [2.75, 3.05) is 11.9 Å². The Labute approximate surface area is 153 Å². The van der Waals surface area contributed by atoms with Crippen LogP contribution in [0.5, 0.6) is 0 Å². The minimum Gasteiger partial charge on any atom is -0.376 e. The Morgan fingerprint density at radius 1 is 1.12 bits per heavy atom. The summed E-state index contributed by atoms with van der Waals surface area (Å²) in [5.41, 5.74) is 3.70. The first-order valence-corrected chi connectivity index (χ1v) is 9.07. The van der Waals surface area contributed by atoms with E-state index in [1.807, 2.05) is 54.6 Å². The molecule has 4 heteroatoms. The van der Waals surface area contributed by atoms with Crippen LogP contribution in [0.3, 0.4) is 0 Å². The maximum absolute atomic E-state index is 12.5. The average molecular weight is 346 g/mol. The van der Waals surface area contributed by atoms with Crippen LogP contribution in [0.2, 0.25) is 0 Å². The second-order valence-electron chi connectivity index (χ2n) is 6.88. The van der Waals surface area contributed by atoms with Gasteiger partial charge in [-0.15, -0.1) is 0 Å². The van der Waals surface area contributed by atoms with E-state index < -0.39 is 0 Å². The minimum absolute atomic E-state index is 0.0424. The molecule has 0 bridgehead atoms. The number of fused-ring (bicyclic) bond motifs is 1. The highest BCUT2D eigenvalue weighted by Gasteiger charge is 2.21. The summed E-state index contributed by atoms with van der Waals surface area (Å²) in [7, 11) is 0. The van der Waals surface area contributed by atoms with E-state index in [1.54, 1.807) is 6.20 Å². The number of rotatable bonds is 7. The van der Waals surface area contributed by atoms with E-state index in [2.05, 4.69) is 10.3 Å². The molecule has 0 unspecified atom stereocenters. The molecule has 1 aromatic heterocycles. The molecule has 1 amide bonds. The molecule has 1 N–H and O–H groups in total. The third-order valence-electron chi connectivity index (χ3n) is 4.60. The minimum atomic E-state index is -0.0424. The third-order valence-corrected chi connectivity index (χ3v) is 4.60. The lowest BCUT2D eigenvalue weighted by Crippen LogP contribution is -2.15. The van der Waals surface area contributed by atoms with E-state index in [0.29, 0.717) is 13.0 Å². The first-order chi connectivity index (χ1) is 12.8. The largest absolute Gasteiger partial charge is 0.376 e. The number of carbonyl (C=O) groups excluding carboxylic acids is 1. The molecule has 0 radical (unpaired) electrons. The Bertz CT molecular complexity index is 913. The molecular formula is C22H22N2O2. The van der Waals surface area contributed by atoms with Crippen LogP contribution in [0.25, 0.3) is 10.9 Å². The first kappa shape index (κ1) is 16.7.